The summed E-state index contributed by atoms with van der Waals surface area (Å²) in [5.41, 5.74) is 1.30. The maximum atomic E-state index is 15.2. The van der Waals surface area contributed by atoms with E-state index in [1.807, 2.05) is 6.92 Å². The molecule has 0 radical (unpaired) electrons. The lowest BCUT2D eigenvalue weighted by molar-refractivity contribution is -0.119. The van der Waals surface area contributed by atoms with Crippen molar-refractivity contribution >= 4 is 0 Å². The minimum Gasteiger partial charge on any atom is -0.412 e. The average molecular weight is 545 g/mol. The standard InChI is InChI=1S/C33H58F2O.CH4.H2O.H2/c1-4-6-8-9-11-25(3)36-31-29(34)23-27(24-30(31)35)26-12-14-28(15-13-26)33-20-17-32(18-21-33,19-22-33)16-10-7-5-2;;;/h25-31H,4-24H2,1-3H3;1H4;1H2;1H. The van der Waals surface area contributed by atoms with Crippen LogP contribution in [-0.2, 0) is 4.74 Å². The van der Waals surface area contributed by atoms with Crippen LogP contribution >= 0.6 is 0 Å². The van der Waals surface area contributed by atoms with Gasteiger partial charge in [0.1, 0.15) is 18.4 Å². The number of ether oxygens (including phenoxy) is 1. The molecule has 0 spiro atoms. The first-order chi connectivity index (χ1) is 17.4. The fraction of sp³-hybridized carbons (Fsp3) is 1.00. The number of alkyl halides is 2. The highest BCUT2D eigenvalue weighted by Gasteiger charge is 2.52. The minimum atomic E-state index is -1.13. The van der Waals surface area contributed by atoms with Crippen LogP contribution in [0.5, 0.6) is 0 Å². The van der Waals surface area contributed by atoms with Crippen molar-refractivity contribution in [2.45, 2.75) is 188 Å². The number of unbranched alkanes of at least 4 members (excludes halogenated alkanes) is 5. The van der Waals surface area contributed by atoms with Gasteiger partial charge in [0.2, 0.25) is 0 Å². The van der Waals surface area contributed by atoms with E-state index in [9.17, 15) is 0 Å². The van der Waals surface area contributed by atoms with E-state index < -0.39 is 18.4 Å². The van der Waals surface area contributed by atoms with Crippen LogP contribution in [0.15, 0.2) is 0 Å². The number of fused-ring (bicyclic) bond motifs is 3. The zero-order valence-electron chi connectivity index (χ0n) is 24.6. The van der Waals surface area contributed by atoms with E-state index in [1.54, 1.807) is 0 Å². The fourth-order valence-corrected chi connectivity index (χ4v) is 9.15. The second-order valence-electron chi connectivity index (χ2n) is 14.0. The van der Waals surface area contributed by atoms with E-state index >= 15 is 8.78 Å². The predicted molar refractivity (Wildman–Crippen MR) is 160 cm³/mol. The predicted octanol–water partition coefficient (Wildman–Crippen LogP) is 10.6. The summed E-state index contributed by atoms with van der Waals surface area (Å²) < 4.78 is 36.3. The summed E-state index contributed by atoms with van der Waals surface area (Å²) in [5, 5.41) is 0. The Labute approximate surface area is 236 Å². The van der Waals surface area contributed by atoms with Crippen LogP contribution in [0.3, 0.4) is 0 Å². The maximum Gasteiger partial charge on any atom is 0.129 e. The lowest BCUT2D eigenvalue weighted by atomic mass is 9.47. The molecule has 0 aromatic carbocycles. The molecule has 5 rings (SSSR count). The molecule has 0 aromatic rings. The molecule has 0 amide bonds. The number of hydrogen-bond donors (Lipinski definition) is 0. The van der Waals surface area contributed by atoms with Crippen LogP contribution in [0.25, 0.3) is 0 Å². The van der Waals surface area contributed by atoms with E-state index in [0.29, 0.717) is 29.6 Å². The van der Waals surface area contributed by atoms with E-state index in [1.165, 1.54) is 109 Å². The molecule has 2 N–H and O–H groups in total. The van der Waals surface area contributed by atoms with Crippen molar-refractivity contribution in [1.29, 1.82) is 0 Å². The van der Waals surface area contributed by atoms with Crippen molar-refractivity contribution in [3.8, 4) is 0 Å². The highest BCUT2D eigenvalue weighted by atomic mass is 19.1. The lowest BCUT2D eigenvalue weighted by Gasteiger charge is -2.58. The summed E-state index contributed by atoms with van der Waals surface area (Å²) in [7, 11) is 0. The molecule has 2 nitrogen and oxygen atoms in total. The number of halogens is 2. The Kier molecular flexibility index (Phi) is 14.0. The topological polar surface area (TPSA) is 40.7 Å². The number of hydrogen-bond acceptors (Lipinski definition) is 1. The molecular weight excluding hydrogens is 478 g/mol. The second kappa shape index (κ2) is 15.7. The molecule has 0 saturated heterocycles. The lowest BCUT2D eigenvalue weighted by Crippen LogP contribution is -2.47. The molecule has 0 aromatic heterocycles. The molecule has 5 saturated carbocycles. The second-order valence-corrected chi connectivity index (χ2v) is 14.0. The Morgan fingerprint density at radius 3 is 1.87 bits per heavy atom. The van der Waals surface area contributed by atoms with E-state index in [0.717, 1.165) is 18.8 Å². The van der Waals surface area contributed by atoms with Crippen molar-refractivity contribution in [3.05, 3.63) is 0 Å². The third-order valence-electron chi connectivity index (χ3n) is 11.7. The van der Waals surface area contributed by atoms with Crippen LogP contribution in [0, 0.1) is 28.6 Å². The first kappa shape index (κ1) is 34.0. The van der Waals surface area contributed by atoms with Gasteiger partial charge in [0.15, 0.2) is 0 Å². The van der Waals surface area contributed by atoms with Crippen LogP contribution < -0.4 is 0 Å². The van der Waals surface area contributed by atoms with Gasteiger partial charge >= 0.3 is 0 Å². The van der Waals surface area contributed by atoms with E-state index in [-0.39, 0.29) is 26.4 Å². The Morgan fingerprint density at radius 1 is 0.763 bits per heavy atom. The molecule has 3 unspecified atom stereocenters. The van der Waals surface area contributed by atoms with E-state index in [2.05, 4.69) is 13.8 Å². The quantitative estimate of drug-likeness (QED) is 0.213. The Balaban J connectivity index is 0.00000253. The van der Waals surface area contributed by atoms with Gasteiger partial charge in [0, 0.05) is 1.43 Å². The van der Waals surface area contributed by atoms with Crippen LogP contribution in [0.2, 0.25) is 0 Å². The third-order valence-corrected chi connectivity index (χ3v) is 11.7. The van der Waals surface area contributed by atoms with Gasteiger partial charge < -0.3 is 10.2 Å². The monoisotopic (exact) mass is 545 g/mol. The van der Waals surface area contributed by atoms with Crippen molar-refractivity contribution in [2.24, 2.45) is 28.6 Å². The molecule has 228 valence electrons. The largest absolute Gasteiger partial charge is 0.412 e. The van der Waals surface area contributed by atoms with E-state index in [4.69, 9.17) is 4.74 Å². The Morgan fingerprint density at radius 2 is 1.32 bits per heavy atom. The molecule has 3 atom stereocenters. The van der Waals surface area contributed by atoms with Crippen LogP contribution in [0.4, 0.5) is 8.78 Å². The van der Waals surface area contributed by atoms with Gasteiger partial charge in [-0.3, -0.25) is 0 Å². The van der Waals surface area contributed by atoms with Gasteiger partial charge in [-0.25, -0.2) is 8.78 Å². The van der Waals surface area contributed by atoms with Gasteiger partial charge in [-0.2, -0.15) is 0 Å². The van der Waals surface area contributed by atoms with Crippen molar-refractivity contribution in [1.82, 2.24) is 0 Å². The zero-order chi connectivity index (χ0) is 25.6. The molecule has 5 fully saturated rings. The molecule has 0 aliphatic heterocycles. The van der Waals surface area contributed by atoms with Crippen molar-refractivity contribution < 1.29 is 20.4 Å². The molecule has 0 heterocycles. The molecule has 2 bridgehead atoms. The molecule has 5 aliphatic carbocycles. The molecule has 4 heteroatoms. The maximum absolute atomic E-state index is 15.2. The Bertz CT molecular complexity index is 617. The summed E-state index contributed by atoms with van der Waals surface area (Å²) in [6, 6.07) is 0. The van der Waals surface area contributed by atoms with Crippen molar-refractivity contribution in [3.63, 3.8) is 0 Å². The smallest absolute Gasteiger partial charge is 0.129 e. The zero-order valence-corrected chi connectivity index (χ0v) is 24.6. The normalized spacial score (nSPS) is 39.7. The first-order valence-electron chi connectivity index (χ1n) is 16.3. The average Bonchev–Trinajstić information content (AvgIpc) is 2.90. The van der Waals surface area contributed by atoms with Gasteiger partial charge in [0.05, 0.1) is 6.10 Å². The molecule has 5 aliphatic rings. The Hall–Kier alpha value is -0.220. The molecule has 38 heavy (non-hydrogen) atoms. The minimum absolute atomic E-state index is 0. The highest BCUT2D eigenvalue weighted by Crippen LogP contribution is 2.63. The van der Waals surface area contributed by atoms with Crippen LogP contribution in [0.1, 0.15) is 164 Å². The summed E-state index contributed by atoms with van der Waals surface area (Å²) in [6.45, 7) is 6.53. The van der Waals surface area contributed by atoms with Gasteiger partial charge in [-0.05, 0) is 125 Å². The fourth-order valence-electron chi connectivity index (χ4n) is 9.15. The third kappa shape index (κ3) is 8.17. The summed E-state index contributed by atoms with van der Waals surface area (Å²) in [6.07, 6.45) is 23.1. The van der Waals surface area contributed by atoms with Crippen LogP contribution in [-0.4, -0.2) is 30.0 Å². The number of rotatable bonds is 13. The summed E-state index contributed by atoms with van der Waals surface area (Å²) in [5.74, 6) is 1.62. The summed E-state index contributed by atoms with van der Waals surface area (Å²) >= 11 is 0. The summed E-state index contributed by atoms with van der Waals surface area (Å²) in [4.78, 5) is 0. The van der Waals surface area contributed by atoms with Gasteiger partial charge in [-0.1, -0.05) is 66.2 Å². The van der Waals surface area contributed by atoms with Crippen molar-refractivity contribution in [2.75, 3.05) is 0 Å². The highest BCUT2D eigenvalue weighted by molar-refractivity contribution is 5.03. The van der Waals surface area contributed by atoms with Gasteiger partial charge in [0.25, 0.3) is 0 Å². The first-order valence-corrected chi connectivity index (χ1v) is 16.3. The SMILES string of the molecule is C.CCCCCCC(C)OC1C(F)CC(C2CCC(C34CCC(CCCCC)(CC3)CC4)CC2)CC1F.O.[HH]. The molecular formula is C34H66F2O2. The van der Waals surface area contributed by atoms with Gasteiger partial charge in [-0.15, -0.1) is 0 Å².